The Hall–Kier alpha value is -1.67. The van der Waals surface area contributed by atoms with Gasteiger partial charge in [-0.3, -0.25) is 4.98 Å². The predicted octanol–water partition coefficient (Wildman–Crippen LogP) is 5.82. The van der Waals surface area contributed by atoms with Crippen LogP contribution in [0, 0.1) is 11.8 Å². The van der Waals surface area contributed by atoms with E-state index in [1.54, 1.807) is 30.7 Å². The average Bonchev–Trinajstić information content (AvgIpc) is 3.35. The number of thioether (sulfide) groups is 1. The van der Waals surface area contributed by atoms with Gasteiger partial charge in [-0.2, -0.15) is 11.3 Å². The average molecular weight is 475 g/mol. The number of methoxy groups -OCH3 is 1. The zero-order valence-electron chi connectivity index (χ0n) is 18.5. The lowest BCUT2D eigenvalue weighted by atomic mass is 9.81. The quantitative estimate of drug-likeness (QED) is 0.375. The van der Waals surface area contributed by atoms with Crippen molar-refractivity contribution in [1.29, 1.82) is 0 Å². The zero-order chi connectivity index (χ0) is 22.3. The first-order chi connectivity index (χ1) is 15.7. The standard InChI is InChI=1S/C25H31FN2O2S2/c1-30-20-3-5-25-23(14-20)22(6-9-27-25)24(26)4-2-18-7-10-28(15-19(18)16-29)11-13-32-21-8-12-31-17-21/h3,5-6,8-9,12,14,17-19,24,29H,2,4,7,10-11,13,15-16H2,1H3/t18-,19-,24-/m1/s1. The summed E-state index contributed by atoms with van der Waals surface area (Å²) in [6.45, 7) is 3.13. The number of halogens is 1. The van der Waals surface area contributed by atoms with Crippen LogP contribution in [0.4, 0.5) is 4.39 Å². The van der Waals surface area contributed by atoms with Crippen LogP contribution in [0.3, 0.4) is 0 Å². The van der Waals surface area contributed by atoms with Crippen molar-refractivity contribution < 1.29 is 14.2 Å². The number of aromatic nitrogens is 1. The summed E-state index contributed by atoms with van der Waals surface area (Å²) in [6, 6.07) is 9.54. The van der Waals surface area contributed by atoms with E-state index < -0.39 is 6.17 Å². The third kappa shape index (κ3) is 5.81. The highest BCUT2D eigenvalue weighted by Gasteiger charge is 2.29. The summed E-state index contributed by atoms with van der Waals surface area (Å²) in [4.78, 5) is 8.15. The first-order valence-electron chi connectivity index (χ1n) is 11.2. The summed E-state index contributed by atoms with van der Waals surface area (Å²) in [7, 11) is 1.62. The molecule has 1 aliphatic heterocycles. The molecule has 32 heavy (non-hydrogen) atoms. The minimum absolute atomic E-state index is 0.172. The van der Waals surface area contributed by atoms with E-state index >= 15 is 4.39 Å². The van der Waals surface area contributed by atoms with Crippen molar-refractivity contribution in [3.63, 3.8) is 0 Å². The van der Waals surface area contributed by atoms with E-state index in [4.69, 9.17) is 4.74 Å². The second kappa shape index (κ2) is 11.5. The van der Waals surface area contributed by atoms with E-state index in [0.29, 0.717) is 23.7 Å². The van der Waals surface area contributed by atoms with Crippen molar-refractivity contribution in [2.45, 2.75) is 30.3 Å². The van der Waals surface area contributed by atoms with Gasteiger partial charge in [-0.1, -0.05) is 0 Å². The summed E-state index contributed by atoms with van der Waals surface area (Å²) in [5, 5.41) is 15.1. The van der Waals surface area contributed by atoms with Gasteiger partial charge in [0, 0.05) is 47.3 Å². The van der Waals surface area contributed by atoms with Gasteiger partial charge in [0.15, 0.2) is 0 Å². The highest BCUT2D eigenvalue weighted by atomic mass is 32.2. The molecule has 0 unspecified atom stereocenters. The van der Waals surface area contributed by atoms with Crippen LogP contribution >= 0.6 is 23.1 Å². The van der Waals surface area contributed by atoms with Gasteiger partial charge in [0.1, 0.15) is 11.9 Å². The topological polar surface area (TPSA) is 45.6 Å². The normalized spacial score (nSPS) is 20.5. The largest absolute Gasteiger partial charge is 0.497 e. The van der Waals surface area contributed by atoms with Crippen molar-refractivity contribution in [2.24, 2.45) is 11.8 Å². The molecule has 0 saturated carbocycles. The van der Waals surface area contributed by atoms with Crippen LogP contribution in [0.5, 0.6) is 5.75 Å². The lowest BCUT2D eigenvalue weighted by Gasteiger charge is -2.38. The maximum absolute atomic E-state index is 15.3. The number of ether oxygens (including phenoxy) is 1. The molecule has 1 fully saturated rings. The molecule has 0 bridgehead atoms. The minimum Gasteiger partial charge on any atom is -0.497 e. The van der Waals surface area contributed by atoms with E-state index in [0.717, 1.165) is 49.1 Å². The third-order valence-corrected chi connectivity index (χ3v) is 8.30. The molecule has 2 aromatic heterocycles. The van der Waals surface area contributed by atoms with Gasteiger partial charge in [0.25, 0.3) is 0 Å². The van der Waals surface area contributed by atoms with Crippen LogP contribution < -0.4 is 4.74 Å². The predicted molar refractivity (Wildman–Crippen MR) is 132 cm³/mol. The van der Waals surface area contributed by atoms with Crippen molar-refractivity contribution in [3.8, 4) is 5.75 Å². The molecule has 0 spiro atoms. The SMILES string of the molecule is COc1ccc2nccc([C@H](F)CC[C@@H]3CCN(CCSc4ccsc4)C[C@@H]3CO)c2c1. The van der Waals surface area contributed by atoms with Gasteiger partial charge in [-0.25, -0.2) is 4.39 Å². The molecular formula is C25H31FN2O2S2. The number of fused-ring (bicyclic) bond motifs is 1. The number of likely N-dealkylation sites (tertiary alicyclic amines) is 1. The molecule has 3 heterocycles. The number of alkyl halides is 1. The summed E-state index contributed by atoms with van der Waals surface area (Å²) in [5.74, 6) is 2.35. The molecule has 1 saturated heterocycles. The number of aliphatic hydroxyl groups excluding tert-OH is 1. The molecule has 3 atom stereocenters. The number of nitrogens with zero attached hydrogens (tertiary/aromatic N) is 2. The lowest BCUT2D eigenvalue weighted by molar-refractivity contribution is 0.0672. The van der Waals surface area contributed by atoms with Gasteiger partial charge in [0.05, 0.1) is 12.6 Å². The highest BCUT2D eigenvalue weighted by molar-refractivity contribution is 7.99. The maximum Gasteiger partial charge on any atom is 0.126 e. The number of aliphatic hydroxyl groups is 1. The summed E-state index contributed by atoms with van der Waals surface area (Å²) in [6.07, 6.45) is 2.90. The van der Waals surface area contributed by atoms with Crippen molar-refractivity contribution in [1.82, 2.24) is 9.88 Å². The second-order valence-corrected chi connectivity index (χ2v) is 10.4. The molecule has 3 aromatic rings. The van der Waals surface area contributed by atoms with E-state index in [1.165, 1.54) is 4.90 Å². The zero-order valence-corrected chi connectivity index (χ0v) is 20.1. The summed E-state index contributed by atoms with van der Waals surface area (Å²) < 4.78 is 20.6. The molecule has 0 aliphatic carbocycles. The molecule has 0 amide bonds. The molecule has 1 aliphatic rings. The fourth-order valence-corrected chi connectivity index (χ4v) is 6.43. The van der Waals surface area contributed by atoms with Crippen LogP contribution in [-0.2, 0) is 0 Å². The number of pyridine rings is 1. The molecule has 172 valence electrons. The Morgan fingerprint density at radius 1 is 1.31 bits per heavy atom. The molecule has 7 heteroatoms. The van der Waals surface area contributed by atoms with Crippen LogP contribution in [0.2, 0.25) is 0 Å². The first kappa shape index (κ1) is 23.5. The fourth-order valence-electron chi connectivity index (χ4n) is 4.64. The number of thiophene rings is 1. The smallest absolute Gasteiger partial charge is 0.126 e. The Kier molecular flexibility index (Phi) is 8.41. The Labute approximate surface area is 197 Å². The number of rotatable bonds is 10. The monoisotopic (exact) mass is 474 g/mol. The summed E-state index contributed by atoms with van der Waals surface area (Å²) in [5.41, 5.74) is 1.46. The third-order valence-electron chi connectivity index (χ3n) is 6.49. The number of hydrogen-bond donors (Lipinski definition) is 1. The number of piperidine rings is 1. The van der Waals surface area contributed by atoms with Crippen molar-refractivity contribution >= 4 is 34.0 Å². The van der Waals surface area contributed by atoms with Gasteiger partial charge in [0.2, 0.25) is 0 Å². The first-order valence-corrected chi connectivity index (χ1v) is 13.2. The minimum atomic E-state index is -1.05. The van der Waals surface area contributed by atoms with Gasteiger partial charge in [-0.05, 0) is 78.9 Å². The molecule has 0 radical (unpaired) electrons. The van der Waals surface area contributed by atoms with Gasteiger partial charge in [-0.15, -0.1) is 11.8 Å². The second-order valence-electron chi connectivity index (χ2n) is 8.43. The Bertz CT molecular complexity index is 985. The summed E-state index contributed by atoms with van der Waals surface area (Å²) >= 11 is 3.62. The number of benzene rings is 1. The molecule has 4 rings (SSSR count). The molecular weight excluding hydrogens is 443 g/mol. The van der Waals surface area contributed by atoms with E-state index in [-0.39, 0.29) is 12.5 Å². The molecule has 1 aromatic carbocycles. The Balaban J connectivity index is 1.31. The van der Waals surface area contributed by atoms with Crippen molar-refractivity contribution in [3.05, 3.63) is 52.9 Å². The van der Waals surface area contributed by atoms with Gasteiger partial charge < -0.3 is 14.7 Å². The Morgan fingerprint density at radius 3 is 3.00 bits per heavy atom. The maximum atomic E-state index is 15.3. The fraction of sp³-hybridized carbons (Fsp3) is 0.480. The Morgan fingerprint density at radius 2 is 2.22 bits per heavy atom. The molecule has 1 N–H and O–H groups in total. The van der Waals surface area contributed by atoms with Crippen LogP contribution in [0.1, 0.15) is 31.0 Å². The van der Waals surface area contributed by atoms with Crippen molar-refractivity contribution in [2.75, 3.05) is 39.1 Å². The van der Waals surface area contributed by atoms with Crippen LogP contribution in [0.25, 0.3) is 10.9 Å². The molecule has 4 nitrogen and oxygen atoms in total. The number of hydrogen-bond acceptors (Lipinski definition) is 6. The van der Waals surface area contributed by atoms with E-state index in [1.807, 2.05) is 30.0 Å². The van der Waals surface area contributed by atoms with Crippen LogP contribution in [-0.4, -0.2) is 54.1 Å². The van der Waals surface area contributed by atoms with E-state index in [9.17, 15) is 5.11 Å². The van der Waals surface area contributed by atoms with Gasteiger partial charge >= 0.3 is 0 Å². The van der Waals surface area contributed by atoms with E-state index in [2.05, 4.69) is 26.7 Å². The van der Waals surface area contributed by atoms with Crippen LogP contribution in [0.15, 0.2) is 52.2 Å². The lowest BCUT2D eigenvalue weighted by Crippen LogP contribution is -2.43. The highest BCUT2D eigenvalue weighted by Crippen LogP contribution is 2.35.